The lowest BCUT2D eigenvalue weighted by molar-refractivity contribution is 0.0750. The van der Waals surface area contributed by atoms with Crippen LogP contribution in [0.2, 0.25) is 0 Å². The van der Waals surface area contributed by atoms with E-state index in [4.69, 9.17) is 35.7 Å². The van der Waals surface area contributed by atoms with Crippen molar-refractivity contribution >= 4 is 40.5 Å². The van der Waals surface area contributed by atoms with E-state index in [9.17, 15) is 33.7 Å². The van der Waals surface area contributed by atoms with Crippen molar-refractivity contribution in [1.82, 2.24) is 0 Å². The second-order valence-electron chi connectivity index (χ2n) is 15.0. The first kappa shape index (κ1) is 52.5. The van der Waals surface area contributed by atoms with Crippen molar-refractivity contribution in [3.05, 3.63) is 154 Å². The first-order chi connectivity index (χ1) is 31.3. The van der Waals surface area contributed by atoms with Gasteiger partial charge in [0.2, 0.25) is 0 Å². The highest BCUT2D eigenvalue weighted by molar-refractivity contribution is 7.87. The highest BCUT2D eigenvalue weighted by Crippen LogP contribution is 2.23. The molecule has 5 rings (SSSR count). The Morgan fingerprint density at radius 3 is 0.652 bits per heavy atom. The molecule has 0 unspecified atom stereocenters. The van der Waals surface area contributed by atoms with Crippen LogP contribution in [0, 0.1) is 27.7 Å². The van der Waals surface area contributed by atoms with Crippen molar-refractivity contribution in [1.29, 1.82) is 0 Å². The predicted octanol–water partition coefficient (Wildman–Crippen LogP) is 6.61. The predicted molar refractivity (Wildman–Crippen MR) is 242 cm³/mol. The second kappa shape index (κ2) is 24.6. The Labute approximate surface area is 388 Å². The Bertz CT molecular complexity index is 2390. The summed E-state index contributed by atoms with van der Waals surface area (Å²) in [7, 11) is -16.2. The molecule has 0 N–H and O–H groups in total. The van der Waals surface area contributed by atoms with Gasteiger partial charge < -0.3 is 18.9 Å². The molecule has 0 bridgehead atoms. The van der Waals surface area contributed by atoms with E-state index in [1.54, 1.807) is 60.7 Å². The molecule has 0 saturated carbocycles. The minimum Gasteiger partial charge on any atom is -0.374 e. The maximum atomic E-state index is 12.7. The summed E-state index contributed by atoms with van der Waals surface area (Å²) in [6.07, 6.45) is 0. The summed E-state index contributed by atoms with van der Waals surface area (Å²) in [6, 6.07) is 28.4. The van der Waals surface area contributed by atoms with Crippen LogP contribution in [0.3, 0.4) is 0 Å². The summed E-state index contributed by atoms with van der Waals surface area (Å²) in [6.45, 7) is 5.49. The van der Waals surface area contributed by atoms with Gasteiger partial charge in [0.1, 0.15) is 0 Å². The van der Waals surface area contributed by atoms with Gasteiger partial charge in [-0.15, -0.1) is 0 Å². The lowest BCUT2D eigenvalue weighted by atomic mass is 9.99. The van der Waals surface area contributed by atoms with Crippen molar-refractivity contribution in [3.8, 4) is 0 Å². The third-order valence-electron chi connectivity index (χ3n) is 9.66. The van der Waals surface area contributed by atoms with Crippen molar-refractivity contribution in [2.24, 2.45) is 0 Å². The number of rotatable bonds is 28. The molecule has 0 aliphatic rings. The summed E-state index contributed by atoms with van der Waals surface area (Å²) in [5.41, 5.74) is 5.87. The van der Waals surface area contributed by atoms with Crippen molar-refractivity contribution < 1.29 is 69.4 Å². The molecule has 0 amide bonds. The molecule has 0 heterocycles. The van der Waals surface area contributed by atoms with Crippen molar-refractivity contribution in [2.75, 3.05) is 52.9 Å². The average Bonchev–Trinajstić information content (AvgIpc) is 3.27. The van der Waals surface area contributed by atoms with Crippen LogP contribution in [-0.2, 0) is 103 Å². The molecule has 0 atom stereocenters. The van der Waals surface area contributed by atoms with Gasteiger partial charge in [-0.3, -0.25) is 16.7 Å². The molecule has 5 aromatic carbocycles. The van der Waals surface area contributed by atoms with Gasteiger partial charge in [-0.05, 0) is 98.5 Å². The van der Waals surface area contributed by atoms with E-state index in [0.29, 0.717) is 22.3 Å². The zero-order valence-corrected chi connectivity index (χ0v) is 40.3. The highest BCUT2D eigenvalue weighted by Gasteiger charge is 2.19. The second-order valence-corrected chi connectivity index (χ2v) is 21.4. The van der Waals surface area contributed by atoms with E-state index >= 15 is 0 Å². The quantitative estimate of drug-likeness (QED) is 0.0381. The Morgan fingerprint density at radius 1 is 0.288 bits per heavy atom. The maximum absolute atomic E-state index is 12.7. The molecule has 16 nitrogen and oxygen atoms in total. The fourth-order valence-electron chi connectivity index (χ4n) is 5.96. The fourth-order valence-corrected chi connectivity index (χ4v) is 9.53. The molecule has 0 spiro atoms. The van der Waals surface area contributed by atoms with Gasteiger partial charge in [-0.25, -0.2) is 0 Å². The van der Waals surface area contributed by atoms with Crippen LogP contribution in [-0.4, -0.2) is 86.5 Å². The number of hydrogen-bond acceptors (Lipinski definition) is 16. The molecule has 0 aliphatic carbocycles. The topological polar surface area (TPSA) is 210 Å². The van der Waals surface area contributed by atoms with E-state index in [1.807, 2.05) is 27.7 Å². The summed E-state index contributed by atoms with van der Waals surface area (Å²) in [5.74, 6) is 0. The third-order valence-corrected chi connectivity index (χ3v) is 15.0. The molecule has 0 radical (unpaired) electrons. The molecule has 0 fully saturated rings. The van der Waals surface area contributed by atoms with E-state index < -0.39 is 40.5 Å². The van der Waals surface area contributed by atoms with Gasteiger partial charge in [0.05, 0.1) is 98.9 Å². The first-order valence-electron chi connectivity index (χ1n) is 20.6. The van der Waals surface area contributed by atoms with Crippen molar-refractivity contribution in [3.63, 3.8) is 0 Å². The SMILES string of the molecule is Cc1ccc(S(=O)(=O)OCCOCc2cc(COCCOS(=O)(=O)c3ccc(C)cc3)c(COCCOS(=O)(=O)c3ccc(C)cc3)cc2COCCOS(=O)(=O)c2ccc(C)cc2)cc1. The lowest BCUT2D eigenvalue weighted by Crippen LogP contribution is -2.15. The number of ether oxygens (including phenoxy) is 4. The van der Waals surface area contributed by atoms with Gasteiger partial charge >= 0.3 is 0 Å². The monoisotopic (exact) mass is 990 g/mol. The Hall–Kier alpha value is -4.42. The Balaban J connectivity index is 1.29. The first-order valence-corrected chi connectivity index (χ1v) is 26.3. The zero-order chi connectivity index (χ0) is 47.8. The van der Waals surface area contributed by atoms with Gasteiger partial charge in [0.25, 0.3) is 40.5 Å². The molecule has 20 heteroatoms. The van der Waals surface area contributed by atoms with Crippen LogP contribution in [0.25, 0.3) is 0 Å². The van der Waals surface area contributed by atoms with Crippen LogP contribution in [0.4, 0.5) is 0 Å². The molecule has 5 aromatic rings. The average molecular weight is 991 g/mol. The highest BCUT2D eigenvalue weighted by atomic mass is 32.2. The van der Waals surface area contributed by atoms with E-state index in [1.165, 1.54) is 48.5 Å². The van der Waals surface area contributed by atoms with Gasteiger partial charge in [0, 0.05) is 0 Å². The summed E-state index contributed by atoms with van der Waals surface area (Å²) >= 11 is 0. The van der Waals surface area contributed by atoms with E-state index in [0.717, 1.165) is 22.3 Å². The molecule has 358 valence electrons. The fraction of sp³-hybridized carbons (Fsp3) is 0.348. The summed E-state index contributed by atoms with van der Waals surface area (Å²) in [4.78, 5) is 0.0120. The van der Waals surface area contributed by atoms with Crippen LogP contribution < -0.4 is 0 Å². The molecule has 0 saturated heterocycles. The van der Waals surface area contributed by atoms with Gasteiger partial charge in [0.15, 0.2) is 0 Å². The van der Waals surface area contributed by atoms with Crippen LogP contribution in [0.5, 0.6) is 0 Å². The maximum Gasteiger partial charge on any atom is 0.297 e. The summed E-state index contributed by atoms with van der Waals surface area (Å²) < 4.78 is 146. The van der Waals surface area contributed by atoms with E-state index in [-0.39, 0.29) is 98.9 Å². The van der Waals surface area contributed by atoms with E-state index in [2.05, 4.69) is 0 Å². The molecule has 66 heavy (non-hydrogen) atoms. The number of hydrogen-bond donors (Lipinski definition) is 0. The summed E-state index contributed by atoms with van der Waals surface area (Å²) in [5, 5.41) is 0. The van der Waals surface area contributed by atoms with Crippen LogP contribution in [0.15, 0.2) is 129 Å². The normalized spacial score (nSPS) is 12.4. The van der Waals surface area contributed by atoms with Gasteiger partial charge in [-0.1, -0.05) is 82.9 Å². The molecular weight excluding hydrogens is 937 g/mol. The molecule has 0 aromatic heterocycles. The molecular formula is C46H54O16S4. The minimum atomic E-state index is -4.05. The Kier molecular flexibility index (Phi) is 19.6. The Morgan fingerprint density at radius 2 is 0.470 bits per heavy atom. The van der Waals surface area contributed by atoms with Crippen LogP contribution in [0.1, 0.15) is 44.5 Å². The minimum absolute atomic E-state index is 0.00299. The largest absolute Gasteiger partial charge is 0.374 e. The van der Waals surface area contributed by atoms with Crippen LogP contribution >= 0.6 is 0 Å². The third kappa shape index (κ3) is 16.4. The van der Waals surface area contributed by atoms with Gasteiger partial charge in [-0.2, -0.15) is 33.7 Å². The standard InChI is InChI=1S/C46H54O16S4/c1-35-5-13-43(14-6-35)63(47,48)59-25-21-55-31-39-29-41(33-57-23-27-61-65(51,52)45-17-9-37(3)10-18-45)42(34-58-24-28-62-66(53,54)46-19-11-38(4)12-20-46)30-40(39)32-56-22-26-60-64(49,50)44-15-7-36(2)8-16-44/h5-20,29-30H,21-28,31-34H2,1-4H3. The lowest BCUT2D eigenvalue weighted by Gasteiger charge is -2.18. The van der Waals surface area contributed by atoms with Crippen molar-refractivity contribution in [2.45, 2.75) is 73.7 Å². The molecule has 0 aliphatic heterocycles. The zero-order valence-electron chi connectivity index (χ0n) is 37.0. The number of aryl methyl sites for hydroxylation is 4. The smallest absolute Gasteiger partial charge is 0.297 e. The number of benzene rings is 5.